The summed E-state index contributed by atoms with van der Waals surface area (Å²) in [5.41, 5.74) is -0.796. The number of aromatic amines is 1. The molecule has 2 N–H and O–H groups in total. The van der Waals surface area contributed by atoms with Crippen LogP contribution in [0.25, 0.3) is 10.9 Å². The fourth-order valence-corrected chi connectivity index (χ4v) is 3.36. The molecule has 1 amide bonds. The van der Waals surface area contributed by atoms with E-state index in [0.29, 0.717) is 0 Å². The molecule has 1 aromatic carbocycles. The minimum Gasteiger partial charge on any atom is -0.458 e. The van der Waals surface area contributed by atoms with E-state index < -0.39 is 29.8 Å². The third-order valence-corrected chi connectivity index (χ3v) is 5.05. The molecule has 1 aliphatic rings. The van der Waals surface area contributed by atoms with Crippen LogP contribution >= 0.6 is 0 Å². The molecule has 1 atom stereocenters. The summed E-state index contributed by atoms with van der Waals surface area (Å²) in [5, 5.41) is 9.73. The monoisotopic (exact) mass is 445 g/mol. The lowest BCUT2D eigenvalue weighted by molar-refractivity contribution is -0.166. The highest BCUT2D eigenvalue weighted by Gasteiger charge is 2.65. The largest absolute Gasteiger partial charge is 0.458 e. The fraction of sp³-hybridized carbons (Fsp3) is 0.286. The molecule has 0 aliphatic carbocycles. The third-order valence-electron chi connectivity index (χ3n) is 5.05. The summed E-state index contributed by atoms with van der Waals surface area (Å²) >= 11 is 0. The summed E-state index contributed by atoms with van der Waals surface area (Å²) in [6, 6.07) is 9.10. The van der Waals surface area contributed by atoms with Gasteiger partial charge in [-0.05, 0) is 17.7 Å². The van der Waals surface area contributed by atoms with Gasteiger partial charge >= 0.3 is 17.8 Å². The number of para-hydroxylation sites is 1. The van der Waals surface area contributed by atoms with Crippen molar-refractivity contribution in [1.29, 1.82) is 0 Å². The lowest BCUT2D eigenvalue weighted by Gasteiger charge is -2.17. The number of pyridine rings is 1. The van der Waals surface area contributed by atoms with Gasteiger partial charge in [0, 0.05) is 42.2 Å². The zero-order chi connectivity index (χ0) is 22.9. The number of aromatic nitrogens is 2. The van der Waals surface area contributed by atoms with Crippen molar-refractivity contribution >= 4 is 22.8 Å². The van der Waals surface area contributed by atoms with Crippen LogP contribution in [0.3, 0.4) is 0 Å². The number of hydrogen-bond donors (Lipinski definition) is 2. The Morgan fingerprint density at radius 1 is 1.19 bits per heavy atom. The second-order valence-corrected chi connectivity index (χ2v) is 7.33. The van der Waals surface area contributed by atoms with Crippen LogP contribution in [0, 0.1) is 0 Å². The Labute approximate surface area is 179 Å². The first-order chi connectivity index (χ1) is 15.2. The Kier molecular flexibility index (Phi) is 5.41. The first kappa shape index (κ1) is 21.5. The number of rotatable bonds is 7. The Hall–Kier alpha value is -3.76. The van der Waals surface area contributed by atoms with Crippen LogP contribution in [0.2, 0.25) is 0 Å². The SMILES string of the molecule is CC(=O)N[C@@H](Cc1c[nH]c2ccccc12)C(=O)OCc1ccc(C2(C(F)(F)F)N=N2)cn1. The average Bonchev–Trinajstić information content (AvgIpc) is 3.49. The number of carbonyl (C=O) groups is 2. The molecule has 32 heavy (non-hydrogen) atoms. The van der Waals surface area contributed by atoms with E-state index in [-0.39, 0.29) is 24.3 Å². The summed E-state index contributed by atoms with van der Waals surface area (Å²) in [5.74, 6) is -1.08. The van der Waals surface area contributed by atoms with Crippen LogP contribution in [0.15, 0.2) is 59.0 Å². The first-order valence-corrected chi connectivity index (χ1v) is 9.64. The smallest absolute Gasteiger partial charge is 0.442 e. The van der Waals surface area contributed by atoms with Gasteiger partial charge in [-0.3, -0.25) is 9.78 Å². The van der Waals surface area contributed by atoms with E-state index in [1.54, 1.807) is 6.20 Å². The third kappa shape index (κ3) is 4.18. The fourth-order valence-electron chi connectivity index (χ4n) is 3.36. The summed E-state index contributed by atoms with van der Waals surface area (Å²) in [6.45, 7) is 1.02. The van der Waals surface area contributed by atoms with Gasteiger partial charge < -0.3 is 15.0 Å². The number of alkyl halides is 3. The highest BCUT2D eigenvalue weighted by Crippen LogP contribution is 2.52. The molecule has 0 bridgehead atoms. The van der Waals surface area contributed by atoms with Crippen molar-refractivity contribution < 1.29 is 27.5 Å². The Morgan fingerprint density at radius 2 is 1.94 bits per heavy atom. The van der Waals surface area contributed by atoms with E-state index in [1.807, 2.05) is 24.3 Å². The van der Waals surface area contributed by atoms with E-state index in [0.717, 1.165) is 22.7 Å². The molecule has 8 nitrogen and oxygen atoms in total. The van der Waals surface area contributed by atoms with Crippen molar-refractivity contribution in [2.45, 2.75) is 37.8 Å². The molecular formula is C21H18F3N5O3. The van der Waals surface area contributed by atoms with E-state index in [4.69, 9.17) is 4.74 Å². The van der Waals surface area contributed by atoms with Gasteiger partial charge in [0.25, 0.3) is 0 Å². The molecule has 0 radical (unpaired) electrons. The predicted octanol–water partition coefficient (Wildman–Crippen LogP) is 3.53. The number of carbonyl (C=O) groups excluding carboxylic acids is 2. The molecule has 3 aromatic rings. The number of halogens is 3. The van der Waals surface area contributed by atoms with Crippen LogP contribution in [-0.4, -0.2) is 34.1 Å². The molecule has 0 saturated heterocycles. The first-order valence-electron chi connectivity index (χ1n) is 9.64. The number of esters is 1. The van der Waals surface area contributed by atoms with Gasteiger partial charge in [-0.15, -0.1) is 10.2 Å². The molecule has 11 heteroatoms. The van der Waals surface area contributed by atoms with Gasteiger partial charge in [0.1, 0.15) is 12.6 Å². The standard InChI is InChI=1S/C21H18F3N5O3/c1-12(30)27-18(8-13-9-26-17-5-3-2-4-16(13)17)19(31)32-11-15-7-6-14(10-25-15)20(28-29-20)21(22,23)24/h2-7,9-10,18,26H,8,11H2,1H3,(H,27,30)/t18-/m0/s1. The number of nitrogens with one attached hydrogen (secondary N) is 2. The van der Waals surface area contributed by atoms with Gasteiger partial charge in [0.05, 0.1) is 5.69 Å². The summed E-state index contributed by atoms with van der Waals surface area (Å²) in [6.07, 6.45) is -1.67. The van der Waals surface area contributed by atoms with Crippen molar-refractivity contribution in [3.05, 3.63) is 65.6 Å². The van der Waals surface area contributed by atoms with E-state index >= 15 is 0 Å². The highest BCUT2D eigenvalue weighted by molar-refractivity contribution is 5.86. The van der Waals surface area contributed by atoms with E-state index in [2.05, 4.69) is 25.5 Å². The minimum absolute atomic E-state index is 0.200. The summed E-state index contributed by atoms with van der Waals surface area (Å²) < 4.78 is 44.4. The minimum atomic E-state index is -4.64. The topological polar surface area (TPSA) is 109 Å². The quantitative estimate of drug-likeness (QED) is 0.542. The summed E-state index contributed by atoms with van der Waals surface area (Å²) in [7, 11) is 0. The molecule has 1 aliphatic heterocycles. The van der Waals surface area contributed by atoms with Gasteiger partial charge in [-0.25, -0.2) is 4.79 Å². The van der Waals surface area contributed by atoms with Gasteiger partial charge in [-0.2, -0.15) is 13.2 Å². The Morgan fingerprint density at radius 3 is 2.56 bits per heavy atom. The van der Waals surface area contributed by atoms with Crippen molar-refractivity contribution in [3.8, 4) is 0 Å². The molecule has 2 aromatic heterocycles. The average molecular weight is 445 g/mol. The molecule has 0 unspecified atom stereocenters. The molecule has 0 spiro atoms. The predicted molar refractivity (Wildman–Crippen MR) is 106 cm³/mol. The van der Waals surface area contributed by atoms with Crippen molar-refractivity contribution in [2.75, 3.05) is 0 Å². The number of amides is 1. The van der Waals surface area contributed by atoms with Crippen molar-refractivity contribution in [2.24, 2.45) is 10.2 Å². The Bertz CT molecular complexity index is 1180. The van der Waals surface area contributed by atoms with Gasteiger partial charge in [0.15, 0.2) is 0 Å². The maximum Gasteiger partial charge on any atom is 0.442 e. The maximum atomic E-state index is 13.1. The summed E-state index contributed by atoms with van der Waals surface area (Å²) in [4.78, 5) is 31.2. The van der Waals surface area contributed by atoms with Crippen LogP contribution in [0.1, 0.15) is 23.7 Å². The van der Waals surface area contributed by atoms with Crippen LogP contribution in [-0.2, 0) is 33.0 Å². The molecule has 3 heterocycles. The number of hydrogen-bond acceptors (Lipinski definition) is 6. The zero-order valence-electron chi connectivity index (χ0n) is 16.8. The number of ether oxygens (including phenoxy) is 1. The number of nitrogens with zero attached hydrogens (tertiary/aromatic N) is 3. The number of benzene rings is 1. The lowest BCUT2D eigenvalue weighted by atomic mass is 10.0. The van der Waals surface area contributed by atoms with Crippen molar-refractivity contribution in [1.82, 2.24) is 15.3 Å². The maximum absolute atomic E-state index is 13.1. The molecule has 0 saturated carbocycles. The van der Waals surface area contributed by atoms with E-state index in [1.165, 1.54) is 19.1 Å². The second-order valence-electron chi connectivity index (χ2n) is 7.33. The second kappa shape index (κ2) is 8.06. The van der Waals surface area contributed by atoms with Gasteiger partial charge in [-0.1, -0.05) is 24.3 Å². The molecule has 0 fully saturated rings. The van der Waals surface area contributed by atoms with Crippen molar-refractivity contribution in [3.63, 3.8) is 0 Å². The lowest BCUT2D eigenvalue weighted by Crippen LogP contribution is -2.42. The van der Waals surface area contributed by atoms with Gasteiger partial charge in [0.2, 0.25) is 5.91 Å². The number of fused-ring (bicyclic) bond motifs is 1. The normalized spacial score (nSPS) is 15.4. The molecule has 4 rings (SSSR count). The molecular weight excluding hydrogens is 427 g/mol. The van der Waals surface area contributed by atoms with E-state index in [9.17, 15) is 22.8 Å². The van der Waals surface area contributed by atoms with Crippen LogP contribution < -0.4 is 5.32 Å². The zero-order valence-corrected chi connectivity index (χ0v) is 16.8. The highest BCUT2D eigenvalue weighted by atomic mass is 19.4. The number of H-pyrrole nitrogens is 1. The van der Waals surface area contributed by atoms with Crippen LogP contribution in [0.5, 0.6) is 0 Å². The molecule has 166 valence electrons. The van der Waals surface area contributed by atoms with Crippen LogP contribution in [0.4, 0.5) is 13.2 Å². The Balaban J connectivity index is 1.42.